The van der Waals surface area contributed by atoms with Crippen molar-refractivity contribution in [3.63, 3.8) is 0 Å². The molecule has 1 amide bonds. The summed E-state index contributed by atoms with van der Waals surface area (Å²) >= 11 is 0. The minimum Gasteiger partial charge on any atom is -0.348 e. The van der Waals surface area contributed by atoms with Gasteiger partial charge in [0.25, 0.3) is 0 Å². The van der Waals surface area contributed by atoms with Gasteiger partial charge in [0.15, 0.2) is 5.25 Å². The molecule has 1 rings (SSSR count). The number of nitrogens with zero attached hydrogens (tertiary/aromatic N) is 1. The van der Waals surface area contributed by atoms with E-state index in [-0.39, 0.29) is 6.04 Å². The number of amides is 1. The molecule has 0 saturated carbocycles. The fourth-order valence-electron chi connectivity index (χ4n) is 1.78. The van der Waals surface area contributed by atoms with Gasteiger partial charge in [-0.25, -0.2) is 13.1 Å². The van der Waals surface area contributed by atoms with Gasteiger partial charge >= 0.3 is 0 Å². The summed E-state index contributed by atoms with van der Waals surface area (Å²) in [5.41, 5.74) is 0. The highest BCUT2D eigenvalue weighted by Gasteiger charge is 2.31. The van der Waals surface area contributed by atoms with E-state index in [0.717, 1.165) is 19.4 Å². The molecule has 1 aliphatic rings. The summed E-state index contributed by atoms with van der Waals surface area (Å²) in [6.45, 7) is 2.97. The van der Waals surface area contributed by atoms with Crippen LogP contribution in [-0.2, 0) is 14.8 Å². The molecule has 0 aromatic heterocycles. The zero-order valence-corrected chi connectivity index (χ0v) is 11.4. The molecule has 0 aliphatic carbocycles. The minimum absolute atomic E-state index is 0.105. The third-order valence-corrected chi connectivity index (χ3v) is 4.68. The van der Waals surface area contributed by atoms with Crippen molar-refractivity contribution in [3.05, 3.63) is 0 Å². The molecule has 1 fully saturated rings. The number of piperidine rings is 1. The second-order valence-corrected chi connectivity index (χ2v) is 6.61. The lowest BCUT2D eigenvalue weighted by molar-refractivity contribution is -0.127. The summed E-state index contributed by atoms with van der Waals surface area (Å²) in [6.07, 6.45) is 1.76. The van der Waals surface area contributed by atoms with Crippen molar-refractivity contribution in [2.45, 2.75) is 31.1 Å². The first-order valence-corrected chi connectivity index (χ1v) is 7.32. The molecular formula is C10H21N3O3S. The summed E-state index contributed by atoms with van der Waals surface area (Å²) in [4.78, 5) is 12.9. The standard InChI is InChI=1S/C10H21N3O3S/c1-8(10(14)13(2)3)17(15,16)12-9-5-4-6-11-7-9/h8-9,11-12H,4-7H2,1-3H3. The summed E-state index contributed by atoms with van der Waals surface area (Å²) in [6, 6.07) is -0.105. The molecule has 17 heavy (non-hydrogen) atoms. The first-order chi connectivity index (χ1) is 7.84. The van der Waals surface area contributed by atoms with Gasteiger partial charge in [-0.2, -0.15) is 0 Å². The number of carbonyl (C=O) groups excluding carboxylic acids is 1. The van der Waals surface area contributed by atoms with Crippen LogP contribution >= 0.6 is 0 Å². The summed E-state index contributed by atoms with van der Waals surface area (Å²) in [7, 11) is -0.481. The van der Waals surface area contributed by atoms with E-state index in [4.69, 9.17) is 0 Å². The van der Waals surface area contributed by atoms with Crippen LogP contribution in [0.3, 0.4) is 0 Å². The predicted octanol–water partition coefficient (Wildman–Crippen LogP) is -0.865. The molecule has 6 nitrogen and oxygen atoms in total. The second-order valence-electron chi connectivity index (χ2n) is 4.58. The SMILES string of the molecule is CC(C(=O)N(C)C)S(=O)(=O)NC1CCCNC1. The lowest BCUT2D eigenvalue weighted by Crippen LogP contribution is -2.50. The zero-order valence-electron chi connectivity index (χ0n) is 10.6. The van der Waals surface area contributed by atoms with Gasteiger partial charge in [0.1, 0.15) is 0 Å². The van der Waals surface area contributed by atoms with Gasteiger partial charge in [0, 0.05) is 26.7 Å². The van der Waals surface area contributed by atoms with Gasteiger partial charge < -0.3 is 10.2 Å². The Morgan fingerprint density at radius 3 is 2.59 bits per heavy atom. The van der Waals surface area contributed by atoms with Gasteiger partial charge in [0.05, 0.1) is 0 Å². The number of nitrogens with one attached hydrogen (secondary N) is 2. The van der Waals surface area contributed by atoms with E-state index in [1.54, 1.807) is 14.1 Å². The van der Waals surface area contributed by atoms with Crippen molar-refractivity contribution in [3.8, 4) is 0 Å². The number of sulfonamides is 1. The molecule has 1 saturated heterocycles. The lowest BCUT2D eigenvalue weighted by Gasteiger charge is -2.25. The third kappa shape index (κ3) is 3.93. The fraction of sp³-hybridized carbons (Fsp3) is 0.900. The molecule has 2 atom stereocenters. The van der Waals surface area contributed by atoms with Gasteiger partial charge in [0.2, 0.25) is 15.9 Å². The monoisotopic (exact) mass is 263 g/mol. The van der Waals surface area contributed by atoms with Crippen LogP contribution in [0.5, 0.6) is 0 Å². The van der Waals surface area contributed by atoms with E-state index in [1.165, 1.54) is 11.8 Å². The summed E-state index contributed by atoms with van der Waals surface area (Å²) < 4.78 is 26.5. The van der Waals surface area contributed by atoms with Crippen molar-refractivity contribution in [1.29, 1.82) is 0 Å². The molecule has 1 aliphatic heterocycles. The van der Waals surface area contributed by atoms with Gasteiger partial charge in [-0.05, 0) is 26.3 Å². The largest absolute Gasteiger partial charge is 0.348 e. The van der Waals surface area contributed by atoms with E-state index < -0.39 is 21.2 Å². The summed E-state index contributed by atoms with van der Waals surface area (Å²) in [5, 5.41) is 2.08. The van der Waals surface area contributed by atoms with E-state index >= 15 is 0 Å². The highest BCUT2D eigenvalue weighted by molar-refractivity contribution is 7.90. The van der Waals surface area contributed by atoms with E-state index in [1.807, 2.05) is 0 Å². The number of carbonyl (C=O) groups is 1. The van der Waals surface area contributed by atoms with Crippen molar-refractivity contribution < 1.29 is 13.2 Å². The predicted molar refractivity (Wildman–Crippen MR) is 66.1 cm³/mol. The Kier molecular flexibility index (Phi) is 4.91. The van der Waals surface area contributed by atoms with Crippen LogP contribution in [0, 0.1) is 0 Å². The molecule has 0 aromatic rings. The topological polar surface area (TPSA) is 78.5 Å². The molecule has 2 N–H and O–H groups in total. The maximum atomic E-state index is 12.0. The Bertz CT molecular complexity index is 361. The molecule has 7 heteroatoms. The average molecular weight is 263 g/mol. The lowest BCUT2D eigenvalue weighted by atomic mass is 10.1. The highest BCUT2D eigenvalue weighted by Crippen LogP contribution is 2.07. The van der Waals surface area contributed by atoms with Gasteiger partial charge in [-0.3, -0.25) is 4.79 Å². The van der Waals surface area contributed by atoms with Crippen LogP contribution in [0.4, 0.5) is 0 Å². The number of hydrogen-bond donors (Lipinski definition) is 2. The molecule has 0 bridgehead atoms. The van der Waals surface area contributed by atoms with Crippen LogP contribution in [-0.4, -0.2) is 57.7 Å². The normalized spacial score (nSPS) is 23.1. The molecule has 0 aromatic carbocycles. The maximum absolute atomic E-state index is 12.0. The minimum atomic E-state index is -3.59. The molecule has 0 radical (unpaired) electrons. The van der Waals surface area contributed by atoms with Gasteiger partial charge in [-0.1, -0.05) is 0 Å². The molecule has 100 valence electrons. The van der Waals surface area contributed by atoms with Crippen molar-refractivity contribution in [2.24, 2.45) is 0 Å². The molecule has 2 unspecified atom stereocenters. The van der Waals surface area contributed by atoms with Gasteiger partial charge in [-0.15, -0.1) is 0 Å². The Hall–Kier alpha value is -0.660. The van der Waals surface area contributed by atoms with Crippen molar-refractivity contribution >= 4 is 15.9 Å². The maximum Gasteiger partial charge on any atom is 0.241 e. The number of rotatable bonds is 4. The molecule has 0 spiro atoms. The third-order valence-electron chi connectivity index (χ3n) is 2.88. The Labute approximate surface area is 103 Å². The second kappa shape index (κ2) is 5.79. The van der Waals surface area contributed by atoms with Crippen molar-refractivity contribution in [2.75, 3.05) is 27.2 Å². The van der Waals surface area contributed by atoms with E-state index in [9.17, 15) is 13.2 Å². The Morgan fingerprint density at radius 1 is 1.47 bits per heavy atom. The summed E-state index contributed by atoms with van der Waals surface area (Å²) in [5.74, 6) is -0.402. The van der Waals surface area contributed by atoms with Crippen LogP contribution in [0.1, 0.15) is 19.8 Å². The Morgan fingerprint density at radius 2 is 2.12 bits per heavy atom. The number of hydrogen-bond acceptors (Lipinski definition) is 4. The first-order valence-electron chi connectivity index (χ1n) is 5.77. The van der Waals surface area contributed by atoms with E-state index in [2.05, 4.69) is 10.0 Å². The highest BCUT2D eigenvalue weighted by atomic mass is 32.2. The average Bonchev–Trinajstić information content (AvgIpc) is 2.27. The zero-order chi connectivity index (χ0) is 13.1. The van der Waals surface area contributed by atoms with Crippen LogP contribution in [0.2, 0.25) is 0 Å². The fourth-order valence-corrected chi connectivity index (χ4v) is 3.13. The molecule has 1 heterocycles. The van der Waals surface area contributed by atoms with Crippen LogP contribution in [0.25, 0.3) is 0 Å². The smallest absolute Gasteiger partial charge is 0.241 e. The molecular weight excluding hydrogens is 242 g/mol. The first kappa shape index (κ1) is 14.4. The van der Waals surface area contributed by atoms with Crippen LogP contribution < -0.4 is 10.0 Å². The van der Waals surface area contributed by atoms with Crippen LogP contribution in [0.15, 0.2) is 0 Å². The quantitative estimate of drug-likeness (QED) is 0.691. The van der Waals surface area contributed by atoms with Crippen molar-refractivity contribution in [1.82, 2.24) is 14.9 Å². The van der Waals surface area contributed by atoms with E-state index in [0.29, 0.717) is 6.54 Å². The Balaban J connectivity index is 2.64.